The van der Waals surface area contributed by atoms with Gasteiger partial charge in [-0.2, -0.15) is 0 Å². The molecule has 0 amide bonds. The molecule has 5 heteroatoms. The quantitative estimate of drug-likeness (QED) is 0.806. The van der Waals surface area contributed by atoms with E-state index in [1.54, 1.807) is 0 Å². The van der Waals surface area contributed by atoms with Crippen LogP contribution in [0, 0.1) is 0 Å². The molecule has 1 fully saturated rings. The Bertz CT molecular complexity index is 576. The zero-order chi connectivity index (χ0) is 13.2. The fourth-order valence-corrected chi connectivity index (χ4v) is 3.07. The Hall–Kier alpha value is -0.770. The van der Waals surface area contributed by atoms with Crippen LogP contribution in [0.4, 0.5) is 0 Å². The van der Waals surface area contributed by atoms with E-state index in [0.717, 1.165) is 54.4 Å². The Balaban J connectivity index is 2.09. The molecule has 2 heterocycles. The normalized spacial score (nSPS) is 17.2. The first-order chi connectivity index (χ1) is 9.29. The summed E-state index contributed by atoms with van der Waals surface area (Å²) < 4.78 is 7.78. The zero-order valence-corrected chi connectivity index (χ0v) is 12.1. The predicted molar refractivity (Wildman–Crippen MR) is 78.3 cm³/mol. The predicted octanol–water partition coefficient (Wildman–Crippen LogP) is 3.82. The lowest BCUT2D eigenvalue weighted by molar-refractivity contribution is 0.0699. The number of hydrogen-bond acceptors (Lipinski definition) is 2. The first-order valence-electron chi connectivity index (χ1n) is 6.59. The van der Waals surface area contributed by atoms with Crippen molar-refractivity contribution in [3.63, 3.8) is 0 Å². The van der Waals surface area contributed by atoms with Crippen LogP contribution in [0.25, 0.3) is 11.0 Å². The summed E-state index contributed by atoms with van der Waals surface area (Å²) >= 11 is 11.9. The molecule has 102 valence electrons. The number of alkyl halides is 1. The molecule has 1 aliphatic rings. The highest BCUT2D eigenvalue weighted by Gasteiger charge is 2.21. The lowest BCUT2D eigenvalue weighted by atomic mass is 10.1. The Labute approximate surface area is 122 Å². The largest absolute Gasteiger partial charge is 0.381 e. The van der Waals surface area contributed by atoms with Gasteiger partial charge in [-0.05, 0) is 31.0 Å². The highest BCUT2D eigenvalue weighted by molar-refractivity contribution is 6.31. The monoisotopic (exact) mass is 298 g/mol. The number of hydrogen-bond donors (Lipinski definition) is 0. The van der Waals surface area contributed by atoms with E-state index in [4.69, 9.17) is 32.9 Å². The van der Waals surface area contributed by atoms with Crippen LogP contribution in [-0.2, 0) is 11.2 Å². The van der Waals surface area contributed by atoms with Gasteiger partial charge < -0.3 is 9.30 Å². The van der Waals surface area contributed by atoms with Crippen molar-refractivity contribution >= 4 is 34.2 Å². The average molecular weight is 299 g/mol. The molecule has 0 atom stereocenters. The highest BCUT2D eigenvalue weighted by Crippen LogP contribution is 2.29. The molecule has 0 saturated carbocycles. The summed E-state index contributed by atoms with van der Waals surface area (Å²) in [6, 6.07) is 6.35. The molecule has 0 spiro atoms. The minimum absolute atomic E-state index is 0.457. The number of fused-ring (bicyclic) bond motifs is 1. The second-order valence-corrected chi connectivity index (χ2v) is 5.63. The summed E-state index contributed by atoms with van der Waals surface area (Å²) in [5.74, 6) is 1.64. The average Bonchev–Trinajstić information content (AvgIpc) is 2.77. The summed E-state index contributed by atoms with van der Waals surface area (Å²) in [6.45, 7) is 1.64. The summed E-state index contributed by atoms with van der Waals surface area (Å²) in [7, 11) is 0. The highest BCUT2D eigenvalue weighted by atomic mass is 35.5. The number of nitrogens with zero attached hydrogens (tertiary/aromatic N) is 2. The third-order valence-electron chi connectivity index (χ3n) is 3.60. The summed E-state index contributed by atoms with van der Waals surface area (Å²) in [5, 5.41) is 0.724. The second kappa shape index (κ2) is 5.70. The molecule has 3 nitrogen and oxygen atoms in total. The van der Waals surface area contributed by atoms with Gasteiger partial charge in [0.15, 0.2) is 0 Å². The number of ether oxygens (including phenoxy) is 1. The van der Waals surface area contributed by atoms with Crippen LogP contribution < -0.4 is 0 Å². The van der Waals surface area contributed by atoms with Crippen molar-refractivity contribution in [2.24, 2.45) is 0 Å². The number of aryl methyl sites for hydroxylation is 1. The molecule has 1 saturated heterocycles. The maximum Gasteiger partial charge on any atom is 0.111 e. The summed E-state index contributed by atoms with van der Waals surface area (Å²) in [4.78, 5) is 4.69. The van der Waals surface area contributed by atoms with Crippen molar-refractivity contribution in [2.45, 2.75) is 25.3 Å². The second-order valence-electron chi connectivity index (χ2n) is 4.81. The van der Waals surface area contributed by atoms with Crippen LogP contribution in [0.3, 0.4) is 0 Å². The minimum atomic E-state index is 0.457. The fourth-order valence-electron chi connectivity index (χ4n) is 2.73. The number of imidazole rings is 1. The molecule has 0 N–H and O–H groups in total. The summed E-state index contributed by atoms with van der Waals surface area (Å²) in [5.41, 5.74) is 2.11. The molecule has 0 unspecified atom stereocenters. The van der Waals surface area contributed by atoms with Gasteiger partial charge in [0.25, 0.3) is 0 Å². The van der Waals surface area contributed by atoms with Gasteiger partial charge in [0.05, 0.1) is 11.0 Å². The molecular formula is C14H16Cl2N2O. The number of benzene rings is 1. The van der Waals surface area contributed by atoms with E-state index in [0.29, 0.717) is 11.9 Å². The van der Waals surface area contributed by atoms with Gasteiger partial charge in [0.2, 0.25) is 0 Å². The van der Waals surface area contributed by atoms with Gasteiger partial charge in [-0.15, -0.1) is 11.6 Å². The minimum Gasteiger partial charge on any atom is -0.381 e. The topological polar surface area (TPSA) is 27.1 Å². The Morgan fingerprint density at radius 3 is 2.84 bits per heavy atom. The summed E-state index contributed by atoms with van der Waals surface area (Å²) in [6.07, 6.45) is 2.85. The fraction of sp³-hybridized carbons (Fsp3) is 0.500. The van der Waals surface area contributed by atoms with E-state index >= 15 is 0 Å². The number of aromatic nitrogens is 2. The molecule has 0 bridgehead atoms. The molecule has 2 aromatic rings. The van der Waals surface area contributed by atoms with Gasteiger partial charge in [-0.3, -0.25) is 0 Å². The molecule has 3 rings (SSSR count). The number of rotatable bonds is 3. The zero-order valence-electron chi connectivity index (χ0n) is 10.6. The van der Waals surface area contributed by atoms with E-state index in [9.17, 15) is 0 Å². The Kier molecular flexibility index (Phi) is 3.96. The molecule has 1 aliphatic heterocycles. The lowest BCUT2D eigenvalue weighted by Crippen LogP contribution is -2.21. The van der Waals surface area contributed by atoms with E-state index in [-0.39, 0.29) is 0 Å². The van der Waals surface area contributed by atoms with Crippen LogP contribution in [-0.4, -0.2) is 28.6 Å². The van der Waals surface area contributed by atoms with Crippen LogP contribution >= 0.6 is 23.2 Å². The molecule has 1 aromatic carbocycles. The standard InChI is InChI=1S/C14H16Cl2N2O/c15-6-3-14-17-12-9-10(16)1-2-13(12)18(14)11-4-7-19-8-5-11/h1-2,9,11H,3-8H2. The molecule has 0 aliphatic carbocycles. The first kappa shape index (κ1) is 13.2. The van der Waals surface area contributed by atoms with E-state index in [2.05, 4.69) is 10.6 Å². The van der Waals surface area contributed by atoms with Gasteiger partial charge >= 0.3 is 0 Å². The van der Waals surface area contributed by atoms with Crippen molar-refractivity contribution in [1.82, 2.24) is 9.55 Å². The lowest BCUT2D eigenvalue weighted by Gasteiger charge is -2.25. The number of halogens is 2. The maximum atomic E-state index is 6.05. The first-order valence-corrected chi connectivity index (χ1v) is 7.51. The third kappa shape index (κ3) is 2.60. The Morgan fingerprint density at radius 1 is 1.32 bits per heavy atom. The van der Waals surface area contributed by atoms with Gasteiger partial charge in [-0.1, -0.05) is 11.6 Å². The smallest absolute Gasteiger partial charge is 0.111 e. The van der Waals surface area contributed by atoms with Crippen molar-refractivity contribution in [1.29, 1.82) is 0 Å². The third-order valence-corrected chi connectivity index (χ3v) is 4.02. The van der Waals surface area contributed by atoms with E-state index in [1.807, 2.05) is 12.1 Å². The van der Waals surface area contributed by atoms with Gasteiger partial charge in [-0.25, -0.2) is 4.98 Å². The van der Waals surface area contributed by atoms with Gasteiger partial charge in [0, 0.05) is 36.6 Å². The van der Waals surface area contributed by atoms with Crippen LogP contribution in [0.15, 0.2) is 18.2 Å². The molecule has 19 heavy (non-hydrogen) atoms. The van der Waals surface area contributed by atoms with Crippen LogP contribution in [0.2, 0.25) is 5.02 Å². The molecule has 1 aromatic heterocycles. The molecule has 0 radical (unpaired) electrons. The molecular weight excluding hydrogens is 283 g/mol. The van der Waals surface area contributed by atoms with Crippen molar-refractivity contribution in [3.8, 4) is 0 Å². The van der Waals surface area contributed by atoms with Gasteiger partial charge in [0.1, 0.15) is 5.82 Å². The van der Waals surface area contributed by atoms with Crippen LogP contribution in [0.1, 0.15) is 24.7 Å². The van der Waals surface area contributed by atoms with Crippen molar-refractivity contribution < 1.29 is 4.74 Å². The Morgan fingerprint density at radius 2 is 2.11 bits per heavy atom. The van der Waals surface area contributed by atoms with Crippen molar-refractivity contribution in [2.75, 3.05) is 19.1 Å². The van der Waals surface area contributed by atoms with Crippen LogP contribution in [0.5, 0.6) is 0 Å². The van der Waals surface area contributed by atoms with Crippen molar-refractivity contribution in [3.05, 3.63) is 29.0 Å². The SMILES string of the molecule is ClCCc1nc2cc(Cl)ccc2n1C1CCOCC1. The van der Waals surface area contributed by atoms with E-state index in [1.165, 1.54) is 0 Å². The maximum absolute atomic E-state index is 6.05. The van der Waals surface area contributed by atoms with E-state index < -0.39 is 0 Å².